The standard InChI is InChI=1S/C20H21FN2O2/c1-23(10-7-15-4-2-3-9-22-15)19(24)17-13-20(17)8-11-25-18-6-5-14(21)12-16(18)20/h2-6,9,12,17H,7-8,10-11,13H2,1H3/t17-,20-/m1/s1. The molecule has 0 radical (unpaired) electrons. The Morgan fingerprint density at radius 1 is 1.40 bits per heavy atom. The number of aromatic nitrogens is 1. The molecule has 1 aliphatic heterocycles. The molecular weight excluding hydrogens is 319 g/mol. The summed E-state index contributed by atoms with van der Waals surface area (Å²) in [6.07, 6.45) is 4.05. The average molecular weight is 340 g/mol. The van der Waals surface area contributed by atoms with E-state index in [0.29, 0.717) is 13.2 Å². The van der Waals surface area contributed by atoms with Crippen molar-refractivity contribution in [3.05, 3.63) is 59.7 Å². The average Bonchev–Trinajstić information content (AvgIpc) is 3.35. The normalized spacial score (nSPS) is 23.7. The molecule has 1 amide bonds. The highest BCUT2D eigenvalue weighted by Gasteiger charge is 2.61. The second-order valence-electron chi connectivity index (χ2n) is 6.98. The molecule has 2 atom stereocenters. The third kappa shape index (κ3) is 2.88. The Kier molecular flexibility index (Phi) is 3.94. The molecule has 0 bridgehead atoms. The molecule has 1 saturated carbocycles. The third-order valence-electron chi connectivity index (χ3n) is 5.46. The van der Waals surface area contributed by atoms with Gasteiger partial charge in [0.1, 0.15) is 11.6 Å². The molecule has 0 saturated heterocycles. The summed E-state index contributed by atoms with van der Waals surface area (Å²) in [6, 6.07) is 10.4. The van der Waals surface area contributed by atoms with E-state index < -0.39 is 0 Å². The number of nitrogens with zero attached hydrogens (tertiary/aromatic N) is 2. The zero-order valence-electron chi connectivity index (χ0n) is 14.2. The first-order valence-electron chi connectivity index (χ1n) is 8.68. The number of pyridine rings is 1. The maximum absolute atomic E-state index is 13.7. The lowest BCUT2D eigenvalue weighted by molar-refractivity contribution is -0.131. The lowest BCUT2D eigenvalue weighted by Crippen LogP contribution is -2.34. The first kappa shape index (κ1) is 16.1. The van der Waals surface area contributed by atoms with E-state index >= 15 is 0 Å². The van der Waals surface area contributed by atoms with Gasteiger partial charge in [-0.1, -0.05) is 6.07 Å². The number of benzene rings is 1. The number of halogens is 1. The second-order valence-corrected chi connectivity index (χ2v) is 6.98. The maximum atomic E-state index is 13.7. The molecule has 130 valence electrons. The highest BCUT2D eigenvalue weighted by Crippen LogP contribution is 2.61. The Hall–Kier alpha value is -2.43. The Morgan fingerprint density at radius 3 is 3.08 bits per heavy atom. The van der Waals surface area contributed by atoms with Crippen LogP contribution in [-0.2, 0) is 16.6 Å². The van der Waals surface area contributed by atoms with Crippen LogP contribution in [0.25, 0.3) is 0 Å². The minimum absolute atomic E-state index is 0.0781. The van der Waals surface area contributed by atoms with E-state index in [-0.39, 0.29) is 23.1 Å². The van der Waals surface area contributed by atoms with Gasteiger partial charge in [-0.25, -0.2) is 4.39 Å². The Labute approximate surface area is 146 Å². The maximum Gasteiger partial charge on any atom is 0.226 e. The van der Waals surface area contributed by atoms with Gasteiger partial charge in [-0.2, -0.15) is 0 Å². The van der Waals surface area contributed by atoms with Crippen LogP contribution in [0, 0.1) is 11.7 Å². The van der Waals surface area contributed by atoms with Gasteiger partial charge in [-0.05, 0) is 43.2 Å². The number of carbonyl (C=O) groups is 1. The highest BCUT2D eigenvalue weighted by atomic mass is 19.1. The largest absolute Gasteiger partial charge is 0.493 e. The summed E-state index contributed by atoms with van der Waals surface area (Å²) in [5.41, 5.74) is 1.59. The van der Waals surface area contributed by atoms with Crippen LogP contribution in [0.3, 0.4) is 0 Å². The fourth-order valence-electron chi connectivity index (χ4n) is 3.90. The van der Waals surface area contributed by atoms with Crippen molar-refractivity contribution in [1.82, 2.24) is 9.88 Å². The van der Waals surface area contributed by atoms with Gasteiger partial charge in [0.15, 0.2) is 0 Å². The molecule has 4 nitrogen and oxygen atoms in total. The van der Waals surface area contributed by atoms with Gasteiger partial charge < -0.3 is 9.64 Å². The first-order valence-corrected chi connectivity index (χ1v) is 8.68. The van der Waals surface area contributed by atoms with Crippen LogP contribution in [0.15, 0.2) is 42.6 Å². The van der Waals surface area contributed by atoms with Crippen LogP contribution in [0.5, 0.6) is 5.75 Å². The molecule has 1 fully saturated rings. The summed E-state index contributed by atoms with van der Waals surface area (Å²) in [5.74, 6) is 0.503. The summed E-state index contributed by atoms with van der Waals surface area (Å²) < 4.78 is 19.4. The van der Waals surface area contributed by atoms with E-state index in [2.05, 4.69) is 4.98 Å². The van der Waals surface area contributed by atoms with Crippen LogP contribution in [0.1, 0.15) is 24.1 Å². The number of rotatable bonds is 4. The van der Waals surface area contributed by atoms with Crippen LogP contribution >= 0.6 is 0 Å². The molecule has 2 heterocycles. The lowest BCUT2D eigenvalue weighted by Gasteiger charge is -2.28. The van der Waals surface area contributed by atoms with E-state index in [1.807, 2.05) is 25.2 Å². The molecule has 1 spiro atoms. The Morgan fingerprint density at radius 2 is 2.28 bits per heavy atom. The monoisotopic (exact) mass is 340 g/mol. The summed E-state index contributed by atoms with van der Waals surface area (Å²) in [7, 11) is 1.84. The Balaban J connectivity index is 1.46. The van der Waals surface area contributed by atoms with Crippen molar-refractivity contribution in [2.45, 2.75) is 24.7 Å². The first-order chi connectivity index (χ1) is 12.1. The zero-order chi connectivity index (χ0) is 17.4. The van der Waals surface area contributed by atoms with Crippen molar-refractivity contribution < 1.29 is 13.9 Å². The predicted molar refractivity (Wildman–Crippen MR) is 91.9 cm³/mol. The molecule has 2 aromatic rings. The van der Waals surface area contributed by atoms with Crippen molar-refractivity contribution in [2.75, 3.05) is 20.2 Å². The predicted octanol–water partition coefficient (Wildman–Crippen LogP) is 2.96. The number of hydrogen-bond acceptors (Lipinski definition) is 3. The number of fused-ring (bicyclic) bond motifs is 2. The molecule has 1 aliphatic carbocycles. The third-order valence-corrected chi connectivity index (χ3v) is 5.46. The van der Waals surface area contributed by atoms with Crippen molar-refractivity contribution >= 4 is 5.91 Å². The molecule has 4 rings (SSSR count). The minimum Gasteiger partial charge on any atom is -0.493 e. The number of likely N-dealkylation sites (N-methyl/N-ethyl adjacent to an activating group) is 1. The van der Waals surface area contributed by atoms with E-state index in [1.165, 1.54) is 12.1 Å². The minimum atomic E-state index is -0.273. The number of ether oxygens (including phenoxy) is 1. The Bertz CT molecular complexity index is 796. The van der Waals surface area contributed by atoms with Gasteiger partial charge in [0, 0.05) is 48.8 Å². The van der Waals surface area contributed by atoms with E-state index in [9.17, 15) is 9.18 Å². The lowest BCUT2D eigenvalue weighted by atomic mass is 9.87. The zero-order valence-corrected chi connectivity index (χ0v) is 14.2. The molecule has 1 aromatic carbocycles. The van der Waals surface area contributed by atoms with Gasteiger partial charge in [-0.3, -0.25) is 9.78 Å². The van der Waals surface area contributed by atoms with Crippen molar-refractivity contribution in [3.8, 4) is 5.75 Å². The van der Waals surface area contributed by atoms with E-state index in [1.54, 1.807) is 17.2 Å². The van der Waals surface area contributed by atoms with Crippen molar-refractivity contribution in [3.63, 3.8) is 0 Å². The van der Waals surface area contributed by atoms with Gasteiger partial charge in [-0.15, -0.1) is 0 Å². The molecule has 5 heteroatoms. The van der Waals surface area contributed by atoms with Crippen molar-refractivity contribution in [1.29, 1.82) is 0 Å². The SMILES string of the molecule is CN(CCc1ccccn1)C(=O)[C@H]1C[C@@]12CCOc1ccc(F)cc12. The van der Waals surface area contributed by atoms with Crippen LogP contribution in [0.2, 0.25) is 0 Å². The summed E-state index contributed by atoms with van der Waals surface area (Å²) in [6.45, 7) is 1.22. The van der Waals surface area contributed by atoms with Gasteiger partial charge in [0.2, 0.25) is 5.91 Å². The topological polar surface area (TPSA) is 42.4 Å². The molecular formula is C20H21FN2O2. The molecule has 0 N–H and O–H groups in total. The van der Waals surface area contributed by atoms with Gasteiger partial charge in [0.25, 0.3) is 0 Å². The second kappa shape index (κ2) is 6.14. The summed E-state index contributed by atoms with van der Waals surface area (Å²) in [4.78, 5) is 18.9. The van der Waals surface area contributed by atoms with Crippen LogP contribution < -0.4 is 4.74 Å². The highest BCUT2D eigenvalue weighted by molar-refractivity contribution is 5.84. The van der Waals surface area contributed by atoms with Crippen molar-refractivity contribution in [2.24, 2.45) is 5.92 Å². The van der Waals surface area contributed by atoms with Crippen LogP contribution in [-0.4, -0.2) is 36.0 Å². The quantitative estimate of drug-likeness (QED) is 0.859. The number of hydrogen-bond donors (Lipinski definition) is 0. The fourth-order valence-corrected chi connectivity index (χ4v) is 3.90. The van der Waals surface area contributed by atoms with E-state index in [0.717, 1.165) is 36.3 Å². The molecule has 1 aromatic heterocycles. The summed E-state index contributed by atoms with van der Waals surface area (Å²) >= 11 is 0. The number of carbonyl (C=O) groups excluding carboxylic acids is 1. The van der Waals surface area contributed by atoms with Crippen LogP contribution in [0.4, 0.5) is 4.39 Å². The molecule has 2 aliphatic rings. The summed E-state index contributed by atoms with van der Waals surface area (Å²) in [5, 5.41) is 0. The number of amides is 1. The fraction of sp³-hybridized carbons (Fsp3) is 0.400. The van der Waals surface area contributed by atoms with E-state index in [4.69, 9.17) is 4.74 Å². The smallest absolute Gasteiger partial charge is 0.226 e. The molecule has 25 heavy (non-hydrogen) atoms. The van der Waals surface area contributed by atoms with Gasteiger partial charge >= 0.3 is 0 Å². The molecule has 0 unspecified atom stereocenters. The van der Waals surface area contributed by atoms with Gasteiger partial charge in [0.05, 0.1) is 6.61 Å².